The number of hydrogen-bond acceptors (Lipinski definition) is 5. The number of amides is 1. The van der Waals surface area contributed by atoms with Crippen LogP contribution in [-0.4, -0.2) is 29.8 Å². The lowest BCUT2D eigenvalue weighted by molar-refractivity contribution is -0.144. The number of carbonyl (C=O) groups excluding carboxylic acids is 2. The molecule has 1 N–H and O–H groups in total. The Hall–Kier alpha value is -2.11. The Labute approximate surface area is 160 Å². The van der Waals surface area contributed by atoms with E-state index in [1.165, 1.54) is 19.3 Å². The Balaban J connectivity index is 1.44. The summed E-state index contributed by atoms with van der Waals surface area (Å²) in [6.45, 7) is 4.19. The van der Waals surface area contributed by atoms with E-state index in [-0.39, 0.29) is 29.8 Å². The summed E-state index contributed by atoms with van der Waals surface area (Å²) >= 11 is 0. The molecule has 0 radical (unpaired) electrons. The zero-order valence-corrected chi connectivity index (χ0v) is 16.0. The molecule has 1 amide bonds. The molecule has 1 aromatic rings. The fraction of sp³-hybridized carbons (Fsp3) is 0.667. The number of cyclic esters (lactones) is 1. The summed E-state index contributed by atoms with van der Waals surface area (Å²) in [5, 5.41) is 2.70. The highest BCUT2D eigenvalue weighted by Gasteiger charge is 2.54. The first kappa shape index (κ1) is 18.3. The topological polar surface area (TPSA) is 77.5 Å². The second kappa shape index (κ2) is 7.49. The first-order valence-electron chi connectivity index (χ1n) is 10.1. The molecule has 6 heteroatoms. The van der Waals surface area contributed by atoms with Gasteiger partial charge in [-0.25, -0.2) is 9.78 Å². The van der Waals surface area contributed by atoms with E-state index >= 15 is 0 Å². The third-order valence-electron chi connectivity index (χ3n) is 6.71. The number of rotatable bonds is 3. The van der Waals surface area contributed by atoms with Crippen LogP contribution in [0.3, 0.4) is 0 Å². The van der Waals surface area contributed by atoms with Gasteiger partial charge in [-0.3, -0.25) is 10.1 Å². The first-order valence-corrected chi connectivity index (χ1v) is 10.1. The monoisotopic (exact) mass is 372 g/mol. The summed E-state index contributed by atoms with van der Waals surface area (Å²) in [6, 6.07) is 5.47. The molecule has 6 atom stereocenters. The molecular formula is C21H28N2O4. The van der Waals surface area contributed by atoms with Gasteiger partial charge in [-0.15, -0.1) is 0 Å². The molecule has 0 bridgehead atoms. The Morgan fingerprint density at radius 1 is 1.33 bits per heavy atom. The fourth-order valence-corrected chi connectivity index (χ4v) is 5.60. The van der Waals surface area contributed by atoms with Gasteiger partial charge in [0.2, 0.25) is 0 Å². The zero-order valence-electron chi connectivity index (χ0n) is 16.0. The number of pyridine rings is 1. The van der Waals surface area contributed by atoms with Crippen LogP contribution in [0, 0.1) is 36.5 Å². The van der Waals surface area contributed by atoms with Crippen molar-refractivity contribution in [2.45, 2.75) is 52.1 Å². The van der Waals surface area contributed by atoms with Gasteiger partial charge in [0, 0.05) is 17.5 Å². The van der Waals surface area contributed by atoms with Crippen LogP contribution < -0.4 is 5.32 Å². The van der Waals surface area contributed by atoms with Gasteiger partial charge in [0.1, 0.15) is 11.9 Å². The van der Waals surface area contributed by atoms with Gasteiger partial charge in [0.25, 0.3) is 0 Å². The Morgan fingerprint density at radius 2 is 2.15 bits per heavy atom. The maximum absolute atomic E-state index is 12.3. The van der Waals surface area contributed by atoms with Crippen molar-refractivity contribution in [1.29, 1.82) is 0 Å². The smallest absolute Gasteiger partial charge is 0.412 e. The van der Waals surface area contributed by atoms with Crippen LogP contribution in [0.2, 0.25) is 0 Å². The number of hydrogen-bond donors (Lipinski definition) is 1. The number of esters is 1. The molecule has 2 saturated carbocycles. The maximum atomic E-state index is 12.3. The molecule has 3 aliphatic rings. The summed E-state index contributed by atoms with van der Waals surface area (Å²) in [6.07, 6.45) is 5.14. The summed E-state index contributed by atoms with van der Waals surface area (Å²) < 4.78 is 11.2. The summed E-state index contributed by atoms with van der Waals surface area (Å²) in [5.74, 6) is 1.80. The van der Waals surface area contributed by atoms with Crippen LogP contribution in [0.4, 0.5) is 10.6 Å². The molecule has 146 valence electrons. The van der Waals surface area contributed by atoms with Crippen molar-refractivity contribution in [3.05, 3.63) is 23.9 Å². The lowest BCUT2D eigenvalue weighted by Gasteiger charge is -2.46. The van der Waals surface area contributed by atoms with Crippen molar-refractivity contribution < 1.29 is 19.1 Å². The first-order chi connectivity index (χ1) is 13.0. The summed E-state index contributed by atoms with van der Waals surface area (Å²) in [7, 11) is 0. The van der Waals surface area contributed by atoms with Crippen molar-refractivity contribution in [3.63, 3.8) is 0 Å². The summed E-state index contributed by atoms with van der Waals surface area (Å²) in [4.78, 5) is 28.9. The van der Waals surface area contributed by atoms with Crippen LogP contribution in [0.1, 0.15) is 44.7 Å². The molecule has 1 aromatic heterocycles. The van der Waals surface area contributed by atoms with Gasteiger partial charge in [0.05, 0.1) is 12.5 Å². The van der Waals surface area contributed by atoms with E-state index in [0.29, 0.717) is 24.3 Å². The molecule has 3 fully saturated rings. The number of nitrogens with one attached hydrogen (secondary N) is 1. The average Bonchev–Trinajstić information content (AvgIpc) is 2.92. The molecule has 1 saturated heterocycles. The number of nitrogens with zero attached hydrogens (tertiary/aromatic N) is 1. The average molecular weight is 372 g/mol. The molecular weight excluding hydrogens is 344 g/mol. The SMILES string of the molecule is Cc1cccc(NC(=O)OC[C@@H]2C3CCCCC3CC3C(=O)O[C@@H](C)C32)n1. The van der Waals surface area contributed by atoms with Crippen molar-refractivity contribution >= 4 is 17.9 Å². The number of aromatic nitrogens is 1. The van der Waals surface area contributed by atoms with Gasteiger partial charge in [0.15, 0.2) is 0 Å². The van der Waals surface area contributed by atoms with Gasteiger partial charge in [-0.1, -0.05) is 25.3 Å². The molecule has 0 aromatic carbocycles. The van der Waals surface area contributed by atoms with E-state index in [1.807, 2.05) is 26.0 Å². The molecule has 0 spiro atoms. The van der Waals surface area contributed by atoms with E-state index in [0.717, 1.165) is 18.5 Å². The number of anilines is 1. The van der Waals surface area contributed by atoms with Crippen LogP contribution in [0.5, 0.6) is 0 Å². The second-order valence-corrected chi connectivity index (χ2v) is 8.32. The Kier molecular flexibility index (Phi) is 5.06. The van der Waals surface area contributed by atoms with Gasteiger partial charge in [-0.05, 0) is 50.7 Å². The minimum atomic E-state index is -0.486. The van der Waals surface area contributed by atoms with Crippen molar-refractivity contribution in [1.82, 2.24) is 4.98 Å². The maximum Gasteiger partial charge on any atom is 0.412 e. The van der Waals surface area contributed by atoms with Crippen LogP contribution >= 0.6 is 0 Å². The highest BCUT2D eigenvalue weighted by Crippen LogP contribution is 2.53. The highest BCUT2D eigenvalue weighted by atomic mass is 16.6. The van der Waals surface area contributed by atoms with E-state index in [2.05, 4.69) is 10.3 Å². The lowest BCUT2D eigenvalue weighted by Crippen LogP contribution is -2.45. The van der Waals surface area contributed by atoms with E-state index in [1.54, 1.807) is 6.07 Å². The van der Waals surface area contributed by atoms with Crippen molar-refractivity contribution in [2.75, 3.05) is 11.9 Å². The number of carbonyl (C=O) groups is 2. The van der Waals surface area contributed by atoms with Crippen LogP contribution in [-0.2, 0) is 14.3 Å². The largest absolute Gasteiger partial charge is 0.462 e. The molecule has 4 unspecified atom stereocenters. The van der Waals surface area contributed by atoms with E-state index in [4.69, 9.17) is 9.47 Å². The molecule has 2 aliphatic carbocycles. The van der Waals surface area contributed by atoms with Crippen LogP contribution in [0.15, 0.2) is 18.2 Å². The standard InChI is InChI=1S/C21H28N2O4/c1-12-6-5-9-18(22-12)23-21(25)26-11-17-15-8-4-3-7-14(15)10-16-19(17)13(2)27-20(16)24/h5-6,9,13-17,19H,3-4,7-8,10-11H2,1-2H3,(H,22,23,25)/t13-,14?,15?,16?,17+,19?/m0/s1. The third kappa shape index (κ3) is 3.66. The van der Waals surface area contributed by atoms with Gasteiger partial charge < -0.3 is 9.47 Å². The van der Waals surface area contributed by atoms with Gasteiger partial charge in [-0.2, -0.15) is 0 Å². The van der Waals surface area contributed by atoms with Crippen LogP contribution in [0.25, 0.3) is 0 Å². The van der Waals surface area contributed by atoms with Gasteiger partial charge >= 0.3 is 12.1 Å². The lowest BCUT2D eigenvalue weighted by atomic mass is 9.58. The normalized spacial score (nSPS) is 35.0. The van der Waals surface area contributed by atoms with Crippen molar-refractivity contribution in [3.8, 4) is 0 Å². The third-order valence-corrected chi connectivity index (χ3v) is 6.71. The molecule has 27 heavy (non-hydrogen) atoms. The quantitative estimate of drug-likeness (QED) is 0.813. The second-order valence-electron chi connectivity index (χ2n) is 8.32. The molecule has 2 heterocycles. The molecule has 1 aliphatic heterocycles. The Morgan fingerprint density at radius 3 is 2.96 bits per heavy atom. The summed E-state index contributed by atoms with van der Waals surface area (Å²) in [5.41, 5.74) is 0.836. The molecule has 6 nitrogen and oxygen atoms in total. The zero-order chi connectivity index (χ0) is 19.0. The number of fused-ring (bicyclic) bond motifs is 2. The fourth-order valence-electron chi connectivity index (χ4n) is 5.60. The predicted molar refractivity (Wildman–Crippen MR) is 100 cm³/mol. The number of ether oxygens (including phenoxy) is 2. The number of aryl methyl sites for hydroxylation is 1. The predicted octanol–water partition coefficient (Wildman–Crippen LogP) is 3.94. The van der Waals surface area contributed by atoms with E-state index in [9.17, 15) is 9.59 Å². The minimum Gasteiger partial charge on any atom is -0.462 e. The minimum absolute atomic E-state index is 0.0329. The highest BCUT2D eigenvalue weighted by molar-refractivity contribution is 5.83. The van der Waals surface area contributed by atoms with Crippen molar-refractivity contribution in [2.24, 2.45) is 29.6 Å². The van der Waals surface area contributed by atoms with E-state index < -0.39 is 6.09 Å². The Bertz CT molecular complexity index is 722. The molecule has 4 rings (SSSR count).